The summed E-state index contributed by atoms with van der Waals surface area (Å²) in [7, 11) is 1.67. The second-order valence-electron chi connectivity index (χ2n) is 5.94. The number of ether oxygens (including phenoxy) is 1. The van der Waals surface area contributed by atoms with Gasteiger partial charge < -0.3 is 4.74 Å². The summed E-state index contributed by atoms with van der Waals surface area (Å²) in [5, 5.41) is 1.42. The summed E-state index contributed by atoms with van der Waals surface area (Å²) < 4.78 is 7.25. The number of fused-ring (bicyclic) bond motifs is 1. The molecule has 0 aliphatic rings. The Balaban J connectivity index is 2.03. The first-order chi connectivity index (χ1) is 12.2. The van der Waals surface area contributed by atoms with E-state index in [2.05, 4.69) is 13.8 Å². The number of benzene rings is 2. The van der Waals surface area contributed by atoms with Crippen LogP contribution in [0.4, 0.5) is 0 Å². The Hall–Kier alpha value is -2.27. The van der Waals surface area contributed by atoms with Gasteiger partial charge in [-0.15, -0.1) is 0 Å². The fourth-order valence-electron chi connectivity index (χ4n) is 2.76. The molecule has 0 radical (unpaired) electrons. The Morgan fingerprint density at radius 1 is 1.16 bits per heavy atom. The summed E-state index contributed by atoms with van der Waals surface area (Å²) in [5.41, 5.74) is 1.87. The van der Waals surface area contributed by atoms with E-state index in [9.17, 15) is 4.79 Å². The van der Waals surface area contributed by atoms with Crippen LogP contribution in [0.25, 0.3) is 10.9 Å². The third-order valence-electron chi connectivity index (χ3n) is 4.36. The molecule has 0 spiro atoms. The monoisotopic (exact) mass is 354 g/mol. The SMILES string of the molecule is CC[C@@H](C)n1c(SCc2ccccc2OC)nc2ccccc2c1=O. The van der Waals surface area contributed by atoms with Crippen LogP contribution in [0.3, 0.4) is 0 Å². The number of methoxy groups -OCH3 is 1. The minimum atomic E-state index is 0.0301. The van der Waals surface area contributed by atoms with Crippen LogP contribution in [0.5, 0.6) is 5.75 Å². The highest BCUT2D eigenvalue weighted by Gasteiger charge is 2.16. The normalized spacial score (nSPS) is 12.3. The predicted octanol–water partition coefficient (Wildman–Crippen LogP) is 4.67. The number of hydrogen-bond acceptors (Lipinski definition) is 4. The van der Waals surface area contributed by atoms with Crippen molar-refractivity contribution in [1.82, 2.24) is 9.55 Å². The van der Waals surface area contributed by atoms with Gasteiger partial charge in [-0.2, -0.15) is 0 Å². The zero-order valence-electron chi connectivity index (χ0n) is 14.7. The van der Waals surface area contributed by atoms with Crippen molar-refractivity contribution in [1.29, 1.82) is 0 Å². The molecule has 0 aliphatic carbocycles. The van der Waals surface area contributed by atoms with Crippen LogP contribution in [-0.4, -0.2) is 16.7 Å². The van der Waals surface area contributed by atoms with Gasteiger partial charge in [0.1, 0.15) is 5.75 Å². The maximum absolute atomic E-state index is 13.0. The number of aromatic nitrogens is 2. The summed E-state index contributed by atoms with van der Waals surface area (Å²) in [6, 6.07) is 15.6. The van der Waals surface area contributed by atoms with Crippen LogP contribution in [0.1, 0.15) is 31.9 Å². The molecule has 2 aromatic carbocycles. The summed E-state index contributed by atoms with van der Waals surface area (Å²) in [5.74, 6) is 1.55. The lowest BCUT2D eigenvalue weighted by Crippen LogP contribution is -2.26. The number of para-hydroxylation sites is 2. The Morgan fingerprint density at radius 2 is 1.88 bits per heavy atom. The molecule has 1 atom stereocenters. The van der Waals surface area contributed by atoms with E-state index in [4.69, 9.17) is 9.72 Å². The zero-order valence-corrected chi connectivity index (χ0v) is 15.5. The van der Waals surface area contributed by atoms with Crippen molar-refractivity contribution in [3.63, 3.8) is 0 Å². The molecule has 1 aromatic heterocycles. The van der Waals surface area contributed by atoms with Crippen LogP contribution >= 0.6 is 11.8 Å². The van der Waals surface area contributed by atoms with Gasteiger partial charge in [0, 0.05) is 17.4 Å². The highest BCUT2D eigenvalue weighted by atomic mass is 32.2. The quantitative estimate of drug-likeness (QED) is 0.477. The van der Waals surface area contributed by atoms with Crippen molar-refractivity contribution >= 4 is 22.7 Å². The number of hydrogen-bond donors (Lipinski definition) is 0. The third kappa shape index (κ3) is 3.56. The Morgan fingerprint density at radius 3 is 2.64 bits per heavy atom. The minimum Gasteiger partial charge on any atom is -0.496 e. The zero-order chi connectivity index (χ0) is 17.8. The van der Waals surface area contributed by atoms with E-state index in [-0.39, 0.29) is 11.6 Å². The average Bonchev–Trinajstić information content (AvgIpc) is 2.66. The fourth-order valence-corrected chi connectivity index (χ4v) is 3.85. The lowest BCUT2D eigenvalue weighted by molar-refractivity contribution is 0.411. The molecule has 0 saturated heterocycles. The first-order valence-electron chi connectivity index (χ1n) is 8.41. The molecule has 0 bridgehead atoms. The highest BCUT2D eigenvalue weighted by molar-refractivity contribution is 7.98. The Labute approximate surface area is 151 Å². The number of rotatable bonds is 6. The maximum Gasteiger partial charge on any atom is 0.262 e. The van der Waals surface area contributed by atoms with Crippen LogP contribution < -0.4 is 10.3 Å². The summed E-state index contributed by atoms with van der Waals surface area (Å²) in [6.45, 7) is 4.14. The average molecular weight is 354 g/mol. The molecule has 0 saturated carbocycles. The van der Waals surface area contributed by atoms with Crippen LogP contribution in [0.15, 0.2) is 58.5 Å². The van der Waals surface area contributed by atoms with Gasteiger partial charge in [0.2, 0.25) is 0 Å². The molecule has 4 nitrogen and oxygen atoms in total. The van der Waals surface area contributed by atoms with Crippen molar-refractivity contribution in [2.45, 2.75) is 37.2 Å². The molecule has 0 fully saturated rings. The molecule has 1 heterocycles. The molecular formula is C20H22N2O2S. The second-order valence-corrected chi connectivity index (χ2v) is 6.89. The van der Waals surface area contributed by atoms with Gasteiger partial charge in [-0.05, 0) is 31.5 Å². The van der Waals surface area contributed by atoms with Crippen molar-refractivity contribution < 1.29 is 4.74 Å². The largest absolute Gasteiger partial charge is 0.496 e. The molecule has 3 aromatic rings. The van der Waals surface area contributed by atoms with E-state index < -0.39 is 0 Å². The van der Waals surface area contributed by atoms with E-state index in [1.165, 1.54) is 0 Å². The summed E-state index contributed by atoms with van der Waals surface area (Å²) in [6.07, 6.45) is 0.877. The minimum absolute atomic E-state index is 0.0301. The van der Waals surface area contributed by atoms with Crippen molar-refractivity contribution in [3.8, 4) is 5.75 Å². The van der Waals surface area contributed by atoms with E-state index in [0.29, 0.717) is 11.1 Å². The lowest BCUT2D eigenvalue weighted by atomic mass is 10.2. The van der Waals surface area contributed by atoms with Gasteiger partial charge in [-0.1, -0.05) is 49.0 Å². The molecule has 0 aliphatic heterocycles. The smallest absolute Gasteiger partial charge is 0.262 e. The third-order valence-corrected chi connectivity index (χ3v) is 5.36. The van der Waals surface area contributed by atoms with Gasteiger partial charge in [0.15, 0.2) is 5.16 Å². The van der Waals surface area contributed by atoms with Gasteiger partial charge in [0.05, 0.1) is 18.0 Å². The molecule has 3 rings (SSSR count). The number of thioether (sulfide) groups is 1. The molecule has 0 unspecified atom stereocenters. The van der Waals surface area contributed by atoms with E-state index in [0.717, 1.165) is 28.4 Å². The Bertz CT molecular complexity index is 936. The van der Waals surface area contributed by atoms with Gasteiger partial charge in [-0.25, -0.2) is 4.98 Å². The van der Waals surface area contributed by atoms with E-state index in [1.807, 2.05) is 53.1 Å². The lowest BCUT2D eigenvalue weighted by Gasteiger charge is -2.18. The molecule has 5 heteroatoms. The summed E-state index contributed by atoms with van der Waals surface area (Å²) in [4.78, 5) is 17.7. The standard InChI is InChI=1S/C20H22N2O2S/c1-4-14(2)22-19(23)16-10-6-7-11-17(16)21-20(22)25-13-15-9-5-8-12-18(15)24-3/h5-12,14H,4,13H2,1-3H3/t14-/m1/s1. The number of nitrogens with zero attached hydrogens (tertiary/aromatic N) is 2. The molecule has 0 amide bonds. The topological polar surface area (TPSA) is 44.1 Å². The fraction of sp³-hybridized carbons (Fsp3) is 0.300. The Kier molecular flexibility index (Phi) is 5.43. The first-order valence-corrected chi connectivity index (χ1v) is 9.40. The van der Waals surface area contributed by atoms with Crippen molar-refractivity contribution in [2.24, 2.45) is 0 Å². The van der Waals surface area contributed by atoms with Gasteiger partial charge >= 0.3 is 0 Å². The molecule has 130 valence electrons. The molecule has 25 heavy (non-hydrogen) atoms. The summed E-state index contributed by atoms with van der Waals surface area (Å²) >= 11 is 1.57. The van der Waals surface area contributed by atoms with E-state index >= 15 is 0 Å². The highest BCUT2D eigenvalue weighted by Crippen LogP contribution is 2.28. The second kappa shape index (κ2) is 7.74. The first kappa shape index (κ1) is 17.5. The molecule has 0 N–H and O–H groups in total. The van der Waals surface area contributed by atoms with Crippen molar-refractivity contribution in [2.75, 3.05) is 7.11 Å². The van der Waals surface area contributed by atoms with Crippen LogP contribution in [0, 0.1) is 0 Å². The predicted molar refractivity (Wildman–Crippen MR) is 104 cm³/mol. The van der Waals surface area contributed by atoms with Crippen LogP contribution in [-0.2, 0) is 5.75 Å². The molecular weight excluding hydrogens is 332 g/mol. The van der Waals surface area contributed by atoms with Crippen molar-refractivity contribution in [3.05, 3.63) is 64.4 Å². The van der Waals surface area contributed by atoms with Gasteiger partial charge in [-0.3, -0.25) is 9.36 Å². The van der Waals surface area contributed by atoms with E-state index in [1.54, 1.807) is 18.9 Å². The van der Waals surface area contributed by atoms with Gasteiger partial charge in [0.25, 0.3) is 5.56 Å². The van der Waals surface area contributed by atoms with Crippen LogP contribution in [0.2, 0.25) is 0 Å². The maximum atomic E-state index is 13.0.